The van der Waals surface area contributed by atoms with Crippen LogP contribution in [0, 0.1) is 0 Å². The molecule has 0 aromatic carbocycles. The quantitative estimate of drug-likeness (QED) is 0.0976. The summed E-state index contributed by atoms with van der Waals surface area (Å²) in [5, 5.41) is 0. The van der Waals surface area contributed by atoms with Gasteiger partial charge in [0, 0.05) is 0 Å². The summed E-state index contributed by atoms with van der Waals surface area (Å²) in [5.74, 6) is 0. The normalized spacial score (nSPS) is 12.0. The van der Waals surface area contributed by atoms with E-state index in [4.69, 9.17) is 0 Å². The molecule has 0 N–H and O–H groups in total. The third-order valence-corrected chi connectivity index (χ3v) is 18.9. The molecule has 194 valence electrons. The molecule has 0 aliphatic rings. The van der Waals surface area contributed by atoms with E-state index in [0.29, 0.717) is 0 Å². The average molecular weight is 610 g/mol. The number of hydrogen-bond donors (Lipinski definition) is 0. The van der Waals surface area contributed by atoms with Gasteiger partial charge in [0.15, 0.2) is 0 Å². The van der Waals surface area contributed by atoms with E-state index in [9.17, 15) is 0 Å². The van der Waals surface area contributed by atoms with E-state index in [1.54, 1.807) is 7.77 Å². The van der Waals surface area contributed by atoms with Crippen molar-refractivity contribution in [3.8, 4) is 9.75 Å². The fraction of sp³-hybridized carbons (Fsp3) is 0.742. The monoisotopic (exact) mass is 610 g/mol. The van der Waals surface area contributed by atoms with E-state index in [0.717, 1.165) is 0 Å². The standard InChI is InChI=1S/C28H45S2.3CH3.Sn/c1-2-3-4-5-6-7-8-9-10-11-12-13-14-15-16-17-18-19-21-26-23-24-28(30-26)27-22-20-25-29-27;;;;/h20,22-24H,2-19,21H2,1H3;3*1H3;. The Morgan fingerprint density at radius 1 is 0.500 bits per heavy atom. The minimum atomic E-state index is -1.91. The summed E-state index contributed by atoms with van der Waals surface area (Å²) in [6.45, 7) is 2.30. The van der Waals surface area contributed by atoms with Crippen LogP contribution in [0.5, 0.6) is 0 Å². The van der Waals surface area contributed by atoms with Crippen LogP contribution in [0.1, 0.15) is 127 Å². The second-order valence-electron chi connectivity index (χ2n) is 11.4. The zero-order chi connectivity index (χ0) is 24.5. The van der Waals surface area contributed by atoms with Gasteiger partial charge in [-0.15, -0.1) is 0 Å². The Morgan fingerprint density at radius 2 is 0.912 bits per heavy atom. The summed E-state index contributed by atoms with van der Waals surface area (Å²) < 4.78 is 1.70. The molecular formula is C31H54S2Sn. The molecule has 0 fully saturated rings. The van der Waals surface area contributed by atoms with Gasteiger partial charge in [-0.2, -0.15) is 0 Å². The molecule has 0 nitrogen and oxygen atoms in total. The van der Waals surface area contributed by atoms with Crippen LogP contribution < -0.4 is 2.89 Å². The van der Waals surface area contributed by atoms with Gasteiger partial charge >= 0.3 is 136 Å². The molecule has 2 rings (SSSR count). The fourth-order valence-electron chi connectivity index (χ4n) is 4.72. The maximum absolute atomic E-state index is 2.52. The number of thiophene rings is 2. The van der Waals surface area contributed by atoms with Crippen molar-refractivity contribution in [3.63, 3.8) is 0 Å². The number of rotatable bonds is 21. The molecule has 2 aromatic heterocycles. The Labute approximate surface area is 225 Å². The van der Waals surface area contributed by atoms with Crippen molar-refractivity contribution < 1.29 is 0 Å². The topological polar surface area (TPSA) is 0 Å². The first-order chi connectivity index (χ1) is 16.5. The van der Waals surface area contributed by atoms with Gasteiger partial charge in [-0.05, 0) is 0 Å². The van der Waals surface area contributed by atoms with Crippen molar-refractivity contribution in [2.75, 3.05) is 0 Å². The molecule has 0 unspecified atom stereocenters. The second kappa shape index (κ2) is 18.4. The molecule has 0 amide bonds. The molecule has 0 bridgehead atoms. The van der Waals surface area contributed by atoms with Gasteiger partial charge < -0.3 is 0 Å². The molecule has 3 heteroatoms. The fourth-order valence-corrected chi connectivity index (χ4v) is 12.2. The minimum absolute atomic E-state index is 1.28. The van der Waals surface area contributed by atoms with E-state index in [1.165, 1.54) is 132 Å². The van der Waals surface area contributed by atoms with Crippen LogP contribution in [0.4, 0.5) is 0 Å². The molecule has 0 radical (unpaired) electrons. The summed E-state index contributed by atoms with van der Waals surface area (Å²) in [5.41, 5.74) is 0. The van der Waals surface area contributed by atoms with Crippen LogP contribution in [-0.2, 0) is 6.42 Å². The molecule has 34 heavy (non-hydrogen) atoms. The third kappa shape index (κ3) is 13.5. The van der Waals surface area contributed by atoms with Crippen molar-refractivity contribution in [1.82, 2.24) is 0 Å². The van der Waals surface area contributed by atoms with Gasteiger partial charge in [-0.25, -0.2) is 0 Å². The summed E-state index contributed by atoms with van der Waals surface area (Å²) >= 11 is 2.19. The van der Waals surface area contributed by atoms with Gasteiger partial charge in [-0.1, -0.05) is 90.4 Å². The summed E-state index contributed by atoms with van der Waals surface area (Å²) in [6.07, 6.45) is 27.4. The molecule has 0 aliphatic carbocycles. The first-order valence-corrected chi connectivity index (χ1v) is 26.3. The van der Waals surface area contributed by atoms with Gasteiger partial charge in [0.05, 0.1) is 0 Å². The van der Waals surface area contributed by atoms with Gasteiger partial charge in [-0.3, -0.25) is 0 Å². The van der Waals surface area contributed by atoms with E-state index in [1.807, 2.05) is 11.3 Å². The Bertz CT molecular complexity index is 737. The van der Waals surface area contributed by atoms with Crippen LogP contribution in [0.2, 0.25) is 14.8 Å². The van der Waals surface area contributed by atoms with Crippen LogP contribution in [0.25, 0.3) is 9.75 Å². The third-order valence-electron chi connectivity index (χ3n) is 7.03. The molecule has 0 aliphatic heterocycles. The second-order valence-corrected chi connectivity index (χ2v) is 29.1. The molecule has 2 heterocycles. The Morgan fingerprint density at radius 3 is 1.35 bits per heavy atom. The van der Waals surface area contributed by atoms with Gasteiger partial charge in [0.1, 0.15) is 0 Å². The van der Waals surface area contributed by atoms with Crippen molar-refractivity contribution in [3.05, 3.63) is 29.1 Å². The van der Waals surface area contributed by atoms with E-state index >= 15 is 0 Å². The van der Waals surface area contributed by atoms with Crippen molar-refractivity contribution in [2.24, 2.45) is 0 Å². The van der Waals surface area contributed by atoms with E-state index < -0.39 is 18.4 Å². The Hall–Kier alpha value is 0.199. The van der Waals surface area contributed by atoms with Crippen LogP contribution in [0.15, 0.2) is 24.3 Å². The molecule has 0 spiro atoms. The van der Waals surface area contributed by atoms with E-state index in [-0.39, 0.29) is 0 Å². The zero-order valence-electron chi connectivity index (χ0n) is 23.1. The SMILES string of the molecule is CCCCCCCCCCCCCCCCCCCCc1ccc(-c2cc[c]([Sn]([CH3])([CH3])[CH3])s2)s1. The molecule has 2 aromatic rings. The van der Waals surface area contributed by atoms with E-state index in [2.05, 4.69) is 57.3 Å². The number of aryl methyl sites for hydroxylation is 1. The van der Waals surface area contributed by atoms with Crippen LogP contribution >= 0.6 is 22.7 Å². The number of unbranched alkanes of at least 4 members (excludes halogenated alkanes) is 17. The summed E-state index contributed by atoms with van der Waals surface area (Å²) in [6, 6.07) is 9.52. The summed E-state index contributed by atoms with van der Waals surface area (Å²) in [7, 11) is 0. The van der Waals surface area contributed by atoms with Crippen molar-refractivity contribution in [2.45, 2.75) is 144 Å². The van der Waals surface area contributed by atoms with Crippen LogP contribution in [-0.4, -0.2) is 18.4 Å². The summed E-state index contributed by atoms with van der Waals surface area (Å²) in [4.78, 5) is 12.1. The predicted octanol–water partition coefficient (Wildman–Crippen LogP) is 11.6. The maximum atomic E-state index is 2.52. The predicted molar refractivity (Wildman–Crippen MR) is 163 cm³/mol. The van der Waals surface area contributed by atoms with Crippen molar-refractivity contribution >= 4 is 43.9 Å². The zero-order valence-corrected chi connectivity index (χ0v) is 27.5. The first-order valence-electron chi connectivity index (χ1n) is 14.7. The average Bonchev–Trinajstić information content (AvgIpc) is 3.48. The Kier molecular flexibility index (Phi) is 16.5. The van der Waals surface area contributed by atoms with Gasteiger partial charge in [0.2, 0.25) is 0 Å². The van der Waals surface area contributed by atoms with Crippen LogP contribution in [0.3, 0.4) is 0 Å². The molecule has 0 saturated heterocycles. The molecule has 0 atom stereocenters. The first kappa shape index (κ1) is 30.4. The van der Waals surface area contributed by atoms with Crippen molar-refractivity contribution in [1.29, 1.82) is 0 Å². The van der Waals surface area contributed by atoms with Gasteiger partial charge in [0.25, 0.3) is 0 Å². The molecule has 0 saturated carbocycles. The Balaban J connectivity index is 1.38. The molecular weight excluding hydrogens is 555 g/mol. The number of hydrogen-bond acceptors (Lipinski definition) is 2.